The first-order valence-corrected chi connectivity index (χ1v) is 12.1. The molecule has 1 saturated heterocycles. The highest BCUT2D eigenvalue weighted by Gasteiger charge is 2.38. The monoisotopic (exact) mass is 603 g/mol. The van der Waals surface area contributed by atoms with Gasteiger partial charge in [0, 0.05) is 43.9 Å². The molecule has 1 heterocycles. The zero-order chi connectivity index (χ0) is 32.0. The molecule has 10 nitrogen and oxygen atoms in total. The number of nitrogens with zero attached hydrogens (tertiary/aromatic N) is 3. The van der Waals surface area contributed by atoms with Crippen LogP contribution in [-0.2, 0) is 11.0 Å². The Bertz CT molecular complexity index is 1340. The number of carboxylic acids is 1. The van der Waals surface area contributed by atoms with Gasteiger partial charge in [-0.25, -0.2) is 4.79 Å². The van der Waals surface area contributed by atoms with E-state index in [0.717, 1.165) is 6.07 Å². The molecule has 0 saturated carbocycles. The van der Waals surface area contributed by atoms with Gasteiger partial charge in [-0.15, -0.1) is 0 Å². The number of aliphatic carboxylic acids is 1. The standard InChI is InChI=1S/C24H26F3N5O3.C2HF3O2/c1-31(2)21(34)15-3-5-16(6-4-15)22(35)32-11-9-14(10-12-32)18-8-7-17(20(33)30-23(28)29)13-19(18)24(25,26)27;3-2(4,5)1(6)7/h3-8,13-14H,9-12H2,1-2H3,(H4,28,29,30,33);(H,6,7). The fourth-order valence-electron chi connectivity index (χ4n) is 4.06. The Labute approximate surface area is 235 Å². The van der Waals surface area contributed by atoms with Gasteiger partial charge in [0.15, 0.2) is 5.96 Å². The smallest absolute Gasteiger partial charge is 0.475 e. The fraction of sp³-hybridized carbons (Fsp3) is 0.346. The number of nitrogens with two attached hydrogens (primary N) is 2. The lowest BCUT2D eigenvalue weighted by molar-refractivity contribution is -0.192. The van der Waals surface area contributed by atoms with Crippen molar-refractivity contribution < 1.29 is 50.6 Å². The molecule has 0 aliphatic carbocycles. The maximum absolute atomic E-state index is 13.8. The van der Waals surface area contributed by atoms with E-state index in [9.17, 15) is 40.7 Å². The first-order valence-electron chi connectivity index (χ1n) is 12.1. The number of hydrogen-bond donors (Lipinski definition) is 3. The zero-order valence-electron chi connectivity index (χ0n) is 22.3. The normalized spacial score (nSPS) is 13.9. The van der Waals surface area contributed by atoms with Crippen molar-refractivity contribution in [3.63, 3.8) is 0 Å². The van der Waals surface area contributed by atoms with Crippen LogP contribution in [0.5, 0.6) is 0 Å². The SMILES string of the molecule is CN(C)C(=O)c1ccc(C(=O)N2CCC(c3ccc(C(=O)N=C(N)N)cc3C(F)(F)F)CC2)cc1.O=C(O)C(F)(F)F. The highest BCUT2D eigenvalue weighted by atomic mass is 19.4. The summed E-state index contributed by atoms with van der Waals surface area (Å²) in [5.74, 6) is -5.13. The molecule has 1 aliphatic heterocycles. The number of benzene rings is 2. The number of rotatable bonds is 4. The Kier molecular flexibility index (Phi) is 10.7. The molecule has 0 aromatic heterocycles. The minimum absolute atomic E-state index is 0.0670. The first-order chi connectivity index (χ1) is 19.3. The fourth-order valence-corrected chi connectivity index (χ4v) is 4.06. The highest BCUT2D eigenvalue weighted by Crippen LogP contribution is 2.39. The third kappa shape index (κ3) is 8.94. The molecule has 1 aliphatic rings. The second kappa shape index (κ2) is 13.4. The minimum atomic E-state index is -5.08. The molecule has 1 fully saturated rings. The van der Waals surface area contributed by atoms with Gasteiger partial charge in [-0.3, -0.25) is 14.4 Å². The molecular weight excluding hydrogens is 576 g/mol. The van der Waals surface area contributed by atoms with Crippen molar-refractivity contribution in [3.8, 4) is 0 Å². The quantitative estimate of drug-likeness (QED) is 0.274. The van der Waals surface area contributed by atoms with Crippen LogP contribution in [0, 0.1) is 0 Å². The summed E-state index contributed by atoms with van der Waals surface area (Å²) in [7, 11) is 3.26. The molecule has 0 atom stereocenters. The van der Waals surface area contributed by atoms with Gasteiger partial charge < -0.3 is 26.4 Å². The van der Waals surface area contributed by atoms with Crippen molar-refractivity contribution in [3.05, 3.63) is 70.3 Å². The molecule has 0 radical (unpaired) electrons. The van der Waals surface area contributed by atoms with Gasteiger partial charge in [-0.1, -0.05) is 6.07 Å². The van der Waals surface area contributed by atoms with Crippen LogP contribution in [-0.4, -0.2) is 77.9 Å². The number of carboxylic acid groups (broad SMARTS) is 1. The van der Waals surface area contributed by atoms with Crippen molar-refractivity contribution in [1.29, 1.82) is 0 Å². The van der Waals surface area contributed by atoms with Crippen LogP contribution >= 0.6 is 0 Å². The summed E-state index contributed by atoms with van der Waals surface area (Å²) in [6.07, 6.45) is -9.11. The number of carbonyl (C=O) groups excluding carboxylic acids is 3. The van der Waals surface area contributed by atoms with Crippen LogP contribution in [0.25, 0.3) is 0 Å². The summed E-state index contributed by atoms with van der Waals surface area (Å²) in [6.45, 7) is 0.543. The number of alkyl halides is 6. The number of amides is 3. The van der Waals surface area contributed by atoms with Crippen molar-refractivity contribution in [1.82, 2.24) is 9.80 Å². The van der Waals surface area contributed by atoms with Gasteiger partial charge >= 0.3 is 18.3 Å². The van der Waals surface area contributed by atoms with E-state index >= 15 is 0 Å². The Morgan fingerprint density at radius 1 is 0.881 bits per heavy atom. The number of halogens is 6. The Hall–Kier alpha value is -4.63. The van der Waals surface area contributed by atoms with E-state index in [4.69, 9.17) is 21.4 Å². The van der Waals surface area contributed by atoms with Crippen LogP contribution in [0.3, 0.4) is 0 Å². The number of guanidine groups is 1. The van der Waals surface area contributed by atoms with Crippen LogP contribution in [0.1, 0.15) is 61.0 Å². The lowest BCUT2D eigenvalue weighted by atomic mass is 9.85. The van der Waals surface area contributed by atoms with E-state index in [1.165, 1.54) is 17.0 Å². The second-order valence-electron chi connectivity index (χ2n) is 9.29. The summed E-state index contributed by atoms with van der Waals surface area (Å²) in [5, 5.41) is 7.12. The van der Waals surface area contributed by atoms with E-state index in [2.05, 4.69) is 4.99 Å². The van der Waals surface area contributed by atoms with Gasteiger partial charge in [-0.05, 0) is 60.7 Å². The van der Waals surface area contributed by atoms with Crippen molar-refractivity contribution >= 4 is 29.7 Å². The molecule has 2 aromatic carbocycles. The van der Waals surface area contributed by atoms with Gasteiger partial charge in [-0.2, -0.15) is 31.3 Å². The Balaban J connectivity index is 0.000000782. The molecule has 0 bridgehead atoms. The number of piperidine rings is 1. The number of likely N-dealkylation sites (tertiary alicyclic amines) is 1. The van der Waals surface area contributed by atoms with Crippen LogP contribution in [0.15, 0.2) is 47.5 Å². The van der Waals surface area contributed by atoms with Crippen LogP contribution in [0.4, 0.5) is 26.3 Å². The molecule has 5 N–H and O–H groups in total. The first kappa shape index (κ1) is 33.6. The third-order valence-electron chi connectivity index (χ3n) is 6.09. The predicted molar refractivity (Wildman–Crippen MR) is 138 cm³/mol. The van der Waals surface area contributed by atoms with Crippen molar-refractivity contribution in [2.24, 2.45) is 16.5 Å². The molecule has 0 unspecified atom stereocenters. The lowest BCUT2D eigenvalue weighted by Crippen LogP contribution is -2.38. The maximum atomic E-state index is 13.8. The summed E-state index contributed by atoms with van der Waals surface area (Å²) in [6, 6.07) is 9.59. The second-order valence-corrected chi connectivity index (χ2v) is 9.29. The number of hydrogen-bond acceptors (Lipinski definition) is 4. The predicted octanol–water partition coefficient (Wildman–Crippen LogP) is 3.47. The largest absolute Gasteiger partial charge is 0.490 e. The molecule has 228 valence electrons. The zero-order valence-corrected chi connectivity index (χ0v) is 22.3. The van der Waals surface area contributed by atoms with Crippen LogP contribution in [0.2, 0.25) is 0 Å². The van der Waals surface area contributed by atoms with Gasteiger partial charge in [0.05, 0.1) is 5.56 Å². The molecule has 3 amide bonds. The van der Waals surface area contributed by atoms with E-state index in [1.54, 1.807) is 43.3 Å². The van der Waals surface area contributed by atoms with Crippen molar-refractivity contribution in [2.45, 2.75) is 31.1 Å². The molecule has 3 rings (SSSR count). The highest BCUT2D eigenvalue weighted by molar-refractivity contribution is 6.02. The average molecular weight is 604 g/mol. The Morgan fingerprint density at radius 2 is 1.36 bits per heavy atom. The van der Waals surface area contributed by atoms with Gasteiger partial charge in [0.1, 0.15) is 0 Å². The van der Waals surface area contributed by atoms with E-state index in [-0.39, 0.29) is 36.0 Å². The summed E-state index contributed by atoms with van der Waals surface area (Å²) >= 11 is 0. The van der Waals surface area contributed by atoms with E-state index in [1.807, 2.05) is 0 Å². The van der Waals surface area contributed by atoms with Crippen molar-refractivity contribution in [2.75, 3.05) is 27.2 Å². The average Bonchev–Trinajstić information content (AvgIpc) is 2.91. The molecule has 16 heteroatoms. The summed E-state index contributed by atoms with van der Waals surface area (Å²) in [4.78, 5) is 52.1. The molecular formula is C26H27F6N5O5. The Morgan fingerprint density at radius 3 is 1.79 bits per heavy atom. The molecule has 2 aromatic rings. The van der Waals surface area contributed by atoms with Crippen LogP contribution < -0.4 is 11.5 Å². The summed E-state index contributed by atoms with van der Waals surface area (Å²) in [5.41, 5.74) is 10.0. The third-order valence-corrected chi connectivity index (χ3v) is 6.09. The molecule has 0 spiro atoms. The van der Waals surface area contributed by atoms with E-state index < -0.39 is 41.7 Å². The molecule has 42 heavy (non-hydrogen) atoms. The van der Waals surface area contributed by atoms with Gasteiger partial charge in [0.2, 0.25) is 0 Å². The topological polar surface area (TPSA) is 159 Å². The summed E-state index contributed by atoms with van der Waals surface area (Å²) < 4.78 is 73.1. The lowest BCUT2D eigenvalue weighted by Gasteiger charge is -2.33. The number of aliphatic imine (C=N–C) groups is 1. The number of carbonyl (C=O) groups is 4. The van der Waals surface area contributed by atoms with E-state index in [0.29, 0.717) is 24.0 Å². The van der Waals surface area contributed by atoms with Gasteiger partial charge in [0.25, 0.3) is 17.7 Å². The maximum Gasteiger partial charge on any atom is 0.490 e. The minimum Gasteiger partial charge on any atom is -0.475 e.